The van der Waals surface area contributed by atoms with Crippen molar-refractivity contribution >= 4 is 0 Å². The minimum atomic E-state index is -0.157. The predicted molar refractivity (Wildman–Crippen MR) is 77.6 cm³/mol. The van der Waals surface area contributed by atoms with Gasteiger partial charge >= 0.3 is 0 Å². The summed E-state index contributed by atoms with van der Waals surface area (Å²) in [4.78, 5) is 2.51. The van der Waals surface area contributed by atoms with Crippen LogP contribution in [0.4, 0.5) is 4.39 Å². The average molecular weight is 264 g/mol. The smallest absolute Gasteiger partial charge is 0.123 e. The highest BCUT2D eigenvalue weighted by Gasteiger charge is 2.28. The molecule has 0 aliphatic carbocycles. The third-order valence-corrected chi connectivity index (χ3v) is 4.30. The van der Waals surface area contributed by atoms with Crippen LogP contribution in [0.5, 0.6) is 0 Å². The van der Waals surface area contributed by atoms with E-state index in [4.69, 9.17) is 0 Å². The molecule has 19 heavy (non-hydrogen) atoms. The molecule has 1 saturated heterocycles. The molecule has 0 bridgehead atoms. The second-order valence-corrected chi connectivity index (χ2v) is 5.65. The molecule has 0 saturated carbocycles. The molecular formula is C16H25FN2. The lowest BCUT2D eigenvalue weighted by Crippen LogP contribution is -2.48. The predicted octanol–water partition coefficient (Wildman–Crippen LogP) is 3.21. The Balaban J connectivity index is 1.97. The van der Waals surface area contributed by atoms with Gasteiger partial charge in [0.2, 0.25) is 0 Å². The first-order chi connectivity index (χ1) is 9.11. The van der Waals surface area contributed by atoms with Crippen LogP contribution in [0.3, 0.4) is 0 Å². The van der Waals surface area contributed by atoms with Crippen molar-refractivity contribution in [3.63, 3.8) is 0 Å². The first kappa shape index (κ1) is 14.5. The Morgan fingerprint density at radius 2 is 2.05 bits per heavy atom. The molecular weight excluding hydrogens is 239 g/mol. The number of benzene rings is 1. The van der Waals surface area contributed by atoms with Crippen molar-refractivity contribution in [2.75, 3.05) is 19.6 Å². The van der Waals surface area contributed by atoms with Crippen LogP contribution in [0.25, 0.3) is 0 Å². The van der Waals surface area contributed by atoms with E-state index in [1.54, 1.807) is 12.1 Å². The summed E-state index contributed by atoms with van der Waals surface area (Å²) in [6.45, 7) is 9.96. The van der Waals surface area contributed by atoms with Gasteiger partial charge in [0.15, 0.2) is 0 Å². The standard InChI is InChI=1S/C16H25FN2/c1-4-18-16-9-10-19(11-12(16)2)13(3)14-5-7-15(17)8-6-14/h5-8,12-13,16,18H,4,9-11H2,1-3H3. The minimum absolute atomic E-state index is 0.157. The normalized spacial score (nSPS) is 26.3. The second kappa shape index (κ2) is 6.49. The maximum Gasteiger partial charge on any atom is 0.123 e. The van der Waals surface area contributed by atoms with Gasteiger partial charge in [-0.25, -0.2) is 4.39 Å². The van der Waals surface area contributed by atoms with Gasteiger partial charge in [-0.3, -0.25) is 4.90 Å². The number of piperidine rings is 1. The van der Waals surface area contributed by atoms with Crippen LogP contribution >= 0.6 is 0 Å². The van der Waals surface area contributed by atoms with E-state index in [2.05, 4.69) is 31.0 Å². The maximum atomic E-state index is 13.0. The summed E-state index contributed by atoms with van der Waals surface area (Å²) in [6.07, 6.45) is 1.19. The van der Waals surface area contributed by atoms with Crippen LogP contribution in [0, 0.1) is 11.7 Å². The lowest BCUT2D eigenvalue weighted by atomic mass is 9.92. The molecule has 1 aromatic rings. The number of nitrogens with zero attached hydrogens (tertiary/aromatic N) is 1. The quantitative estimate of drug-likeness (QED) is 0.898. The zero-order valence-corrected chi connectivity index (χ0v) is 12.2. The first-order valence-corrected chi connectivity index (χ1v) is 7.34. The van der Waals surface area contributed by atoms with E-state index in [0.29, 0.717) is 18.0 Å². The summed E-state index contributed by atoms with van der Waals surface area (Å²) in [7, 11) is 0. The van der Waals surface area contributed by atoms with Crippen molar-refractivity contribution < 1.29 is 4.39 Å². The topological polar surface area (TPSA) is 15.3 Å². The highest BCUT2D eigenvalue weighted by atomic mass is 19.1. The number of nitrogens with one attached hydrogen (secondary N) is 1. The lowest BCUT2D eigenvalue weighted by molar-refractivity contribution is 0.112. The van der Waals surface area contributed by atoms with Crippen LogP contribution in [0.1, 0.15) is 38.8 Å². The van der Waals surface area contributed by atoms with Crippen LogP contribution < -0.4 is 5.32 Å². The van der Waals surface area contributed by atoms with Crippen LogP contribution in [0.2, 0.25) is 0 Å². The van der Waals surface area contributed by atoms with Crippen LogP contribution in [-0.2, 0) is 0 Å². The first-order valence-electron chi connectivity index (χ1n) is 7.34. The summed E-state index contributed by atoms with van der Waals surface area (Å²) in [5.74, 6) is 0.506. The second-order valence-electron chi connectivity index (χ2n) is 5.65. The molecule has 2 rings (SSSR count). The molecule has 2 nitrogen and oxygen atoms in total. The van der Waals surface area contributed by atoms with Crippen LogP contribution in [0.15, 0.2) is 24.3 Å². The minimum Gasteiger partial charge on any atom is -0.314 e. The molecule has 0 radical (unpaired) electrons. The monoisotopic (exact) mass is 264 g/mol. The Morgan fingerprint density at radius 1 is 1.37 bits per heavy atom. The van der Waals surface area contributed by atoms with Gasteiger partial charge in [0, 0.05) is 25.2 Å². The molecule has 106 valence electrons. The summed E-state index contributed by atoms with van der Waals surface area (Å²) in [5.41, 5.74) is 1.20. The molecule has 1 aromatic carbocycles. The molecule has 1 fully saturated rings. The van der Waals surface area contributed by atoms with Gasteiger partial charge in [0.25, 0.3) is 0 Å². The van der Waals surface area contributed by atoms with E-state index in [9.17, 15) is 4.39 Å². The van der Waals surface area contributed by atoms with Crippen molar-refractivity contribution in [1.29, 1.82) is 0 Å². The third-order valence-electron chi connectivity index (χ3n) is 4.30. The average Bonchev–Trinajstić information content (AvgIpc) is 2.41. The van der Waals surface area contributed by atoms with Crippen LogP contribution in [-0.4, -0.2) is 30.6 Å². The third kappa shape index (κ3) is 3.54. The molecule has 0 aromatic heterocycles. The van der Waals surface area contributed by atoms with E-state index in [1.165, 1.54) is 12.0 Å². The van der Waals surface area contributed by atoms with E-state index in [1.807, 2.05) is 12.1 Å². The summed E-state index contributed by atoms with van der Waals surface area (Å²) in [5, 5.41) is 3.56. The maximum absolute atomic E-state index is 13.0. The van der Waals surface area contributed by atoms with Gasteiger partial charge < -0.3 is 5.32 Å². The highest BCUT2D eigenvalue weighted by molar-refractivity contribution is 5.19. The van der Waals surface area contributed by atoms with E-state index in [0.717, 1.165) is 19.6 Å². The fraction of sp³-hybridized carbons (Fsp3) is 0.625. The Morgan fingerprint density at radius 3 is 2.63 bits per heavy atom. The number of halogens is 1. The Kier molecular flexibility index (Phi) is 4.94. The van der Waals surface area contributed by atoms with Crippen molar-refractivity contribution in [2.24, 2.45) is 5.92 Å². The van der Waals surface area contributed by atoms with Gasteiger partial charge in [-0.2, -0.15) is 0 Å². The summed E-state index contributed by atoms with van der Waals surface area (Å²) in [6, 6.07) is 7.93. The van der Waals surface area contributed by atoms with Crippen molar-refractivity contribution in [3.05, 3.63) is 35.6 Å². The van der Waals surface area contributed by atoms with Gasteiger partial charge in [-0.1, -0.05) is 26.0 Å². The number of likely N-dealkylation sites (tertiary alicyclic amines) is 1. The van der Waals surface area contributed by atoms with E-state index < -0.39 is 0 Å². The van der Waals surface area contributed by atoms with Crippen molar-refractivity contribution in [1.82, 2.24) is 10.2 Å². The molecule has 1 N–H and O–H groups in total. The molecule has 1 aliphatic rings. The van der Waals surface area contributed by atoms with Crippen molar-refractivity contribution in [2.45, 2.75) is 39.3 Å². The Bertz CT molecular complexity index is 390. The zero-order chi connectivity index (χ0) is 13.8. The van der Waals surface area contributed by atoms with E-state index >= 15 is 0 Å². The number of hydrogen-bond donors (Lipinski definition) is 1. The number of rotatable bonds is 4. The van der Waals surface area contributed by atoms with E-state index in [-0.39, 0.29) is 5.82 Å². The molecule has 3 atom stereocenters. The SMILES string of the molecule is CCNC1CCN(C(C)c2ccc(F)cc2)CC1C. The zero-order valence-electron chi connectivity index (χ0n) is 12.2. The molecule has 1 heterocycles. The molecule has 0 spiro atoms. The van der Waals surface area contributed by atoms with Gasteiger partial charge in [-0.15, -0.1) is 0 Å². The summed E-state index contributed by atoms with van der Waals surface area (Å²) >= 11 is 0. The summed E-state index contributed by atoms with van der Waals surface area (Å²) < 4.78 is 13.0. The molecule has 3 unspecified atom stereocenters. The van der Waals surface area contributed by atoms with Gasteiger partial charge in [0.1, 0.15) is 5.82 Å². The highest BCUT2D eigenvalue weighted by Crippen LogP contribution is 2.26. The largest absolute Gasteiger partial charge is 0.314 e. The van der Waals surface area contributed by atoms with Crippen molar-refractivity contribution in [3.8, 4) is 0 Å². The van der Waals surface area contributed by atoms with Gasteiger partial charge in [-0.05, 0) is 43.5 Å². The van der Waals surface area contributed by atoms with Gasteiger partial charge in [0.05, 0.1) is 0 Å². The fourth-order valence-corrected chi connectivity index (χ4v) is 3.05. The molecule has 3 heteroatoms. The molecule has 1 aliphatic heterocycles. The molecule has 0 amide bonds. The number of hydrogen-bond acceptors (Lipinski definition) is 2. The fourth-order valence-electron chi connectivity index (χ4n) is 3.05. The Hall–Kier alpha value is -0.930. The lowest BCUT2D eigenvalue weighted by Gasteiger charge is -2.40. The Labute approximate surface area is 116 Å².